The molecule has 0 radical (unpaired) electrons. The van der Waals surface area contributed by atoms with E-state index in [1.54, 1.807) is 0 Å². The van der Waals surface area contributed by atoms with Crippen LogP contribution in [0.15, 0.2) is 12.1 Å². The van der Waals surface area contributed by atoms with E-state index in [2.05, 4.69) is 26.2 Å². The number of aromatic nitrogens is 3. The average Bonchev–Trinajstić information content (AvgIpc) is 3.55. The predicted molar refractivity (Wildman–Crippen MR) is 170 cm³/mol. The molecule has 9 rings (SSSR count). The number of alkyl halides is 1. The molecule has 2 bridgehead atoms. The molecule has 9 nitrogen and oxygen atoms in total. The summed E-state index contributed by atoms with van der Waals surface area (Å²) in [6.07, 6.45) is 4.87. The quantitative estimate of drug-likeness (QED) is 0.284. The van der Waals surface area contributed by atoms with E-state index < -0.39 is 23.3 Å². The Morgan fingerprint density at radius 3 is 2.67 bits per heavy atom. The van der Waals surface area contributed by atoms with Crippen LogP contribution in [0.4, 0.5) is 24.0 Å². The Hall–Kier alpha value is -3.73. The van der Waals surface area contributed by atoms with Gasteiger partial charge in [-0.05, 0) is 62.8 Å². The lowest BCUT2D eigenvalue weighted by Gasteiger charge is -2.37. The maximum atomic E-state index is 17.3. The van der Waals surface area contributed by atoms with Gasteiger partial charge in [0.05, 0.1) is 16.8 Å². The molecule has 4 aromatic rings. The second-order valence-electron chi connectivity index (χ2n) is 13.6. The molecule has 2 unspecified atom stereocenters. The van der Waals surface area contributed by atoms with Crippen LogP contribution in [0.25, 0.3) is 32.2 Å². The summed E-state index contributed by atoms with van der Waals surface area (Å²) in [5.74, 6) is -0.671. The molecule has 3 aromatic heterocycles. The minimum atomic E-state index is -0.911. The smallest absolute Gasteiger partial charge is 0.319 e. The molecule has 4 saturated heterocycles. The maximum Gasteiger partial charge on any atom is 0.319 e. The van der Waals surface area contributed by atoms with Crippen molar-refractivity contribution < 1.29 is 17.9 Å². The van der Waals surface area contributed by atoms with Crippen LogP contribution in [0.3, 0.4) is 0 Å². The Balaban J connectivity index is 1.26. The van der Waals surface area contributed by atoms with Crippen LogP contribution < -0.4 is 20.7 Å². The van der Waals surface area contributed by atoms with E-state index in [4.69, 9.17) is 20.4 Å². The van der Waals surface area contributed by atoms with Crippen molar-refractivity contribution >= 4 is 43.3 Å². The first kappa shape index (κ1) is 28.5. The number of hydrogen-bond donors (Lipinski definition) is 2. The number of nitrogens with zero attached hydrogens (tertiary/aromatic N) is 6. The van der Waals surface area contributed by atoms with E-state index in [0.29, 0.717) is 40.1 Å². The second kappa shape index (κ2) is 10.4. The van der Waals surface area contributed by atoms with Crippen molar-refractivity contribution in [1.82, 2.24) is 25.2 Å². The zero-order chi connectivity index (χ0) is 31.3. The minimum Gasteiger partial charge on any atom is -0.461 e. The molecule has 238 valence electrons. The van der Waals surface area contributed by atoms with Crippen molar-refractivity contribution in [3.05, 3.63) is 35.0 Å². The molecule has 1 aromatic carbocycles. The van der Waals surface area contributed by atoms with Crippen molar-refractivity contribution in [2.75, 3.05) is 43.4 Å². The summed E-state index contributed by atoms with van der Waals surface area (Å²) in [7, 11) is 0. The molecule has 13 heteroatoms. The lowest BCUT2D eigenvalue weighted by molar-refractivity contribution is 0.107. The fourth-order valence-electron chi connectivity index (χ4n) is 8.53. The van der Waals surface area contributed by atoms with Gasteiger partial charge in [0.25, 0.3) is 0 Å². The molecule has 5 fully saturated rings. The fourth-order valence-corrected chi connectivity index (χ4v) is 9.50. The molecule has 5 aliphatic rings. The van der Waals surface area contributed by atoms with Gasteiger partial charge < -0.3 is 20.7 Å². The molecule has 1 aliphatic carbocycles. The van der Waals surface area contributed by atoms with Crippen LogP contribution in [0, 0.1) is 23.0 Å². The highest BCUT2D eigenvalue weighted by molar-refractivity contribution is 7.23. The summed E-state index contributed by atoms with van der Waals surface area (Å²) in [6.45, 7) is 2.98. The molecule has 4 atom stereocenters. The molecule has 7 heterocycles. The van der Waals surface area contributed by atoms with Crippen molar-refractivity contribution in [3.8, 4) is 23.2 Å². The number of rotatable bonds is 6. The monoisotopic (exact) mass is 646 g/mol. The number of ether oxygens (including phenoxy) is 1. The first-order valence-electron chi connectivity index (χ1n) is 16.2. The normalized spacial score (nSPS) is 27.5. The SMILES string of the molecule is N#Cc1c(N)sc2cc(F)cc(-c3c(C4CC4)nc4c(N5C6CCC5CNC6)nc(OC[C@@]56CCCN5C[C@H](F)C6)nc4c3F)c12. The molecule has 3 N–H and O–H groups in total. The number of nitrogen functional groups attached to an aromatic ring is 1. The van der Waals surface area contributed by atoms with Crippen LogP contribution in [-0.4, -0.2) is 76.4 Å². The Kier molecular flexibility index (Phi) is 6.43. The van der Waals surface area contributed by atoms with Crippen molar-refractivity contribution in [3.63, 3.8) is 0 Å². The van der Waals surface area contributed by atoms with Crippen LogP contribution in [0.1, 0.15) is 62.1 Å². The number of nitrogens with two attached hydrogens (primary N) is 1. The Labute approximate surface area is 267 Å². The van der Waals surface area contributed by atoms with Gasteiger partial charge in [0.1, 0.15) is 40.7 Å². The summed E-state index contributed by atoms with van der Waals surface area (Å²) < 4.78 is 53.8. The van der Waals surface area contributed by atoms with E-state index >= 15 is 8.78 Å². The largest absolute Gasteiger partial charge is 0.461 e. The van der Waals surface area contributed by atoms with Crippen molar-refractivity contribution in [2.45, 2.75) is 74.7 Å². The Morgan fingerprint density at radius 1 is 1.11 bits per heavy atom. The van der Waals surface area contributed by atoms with Gasteiger partial charge in [0.2, 0.25) is 0 Å². The highest BCUT2D eigenvalue weighted by Crippen LogP contribution is 2.50. The van der Waals surface area contributed by atoms with Gasteiger partial charge >= 0.3 is 6.01 Å². The number of benzene rings is 1. The number of anilines is 2. The number of nitrogens with one attached hydrogen (secondary N) is 1. The van der Waals surface area contributed by atoms with Crippen molar-refractivity contribution in [2.24, 2.45) is 0 Å². The van der Waals surface area contributed by atoms with Gasteiger partial charge in [0.15, 0.2) is 11.6 Å². The molecule has 4 aliphatic heterocycles. The van der Waals surface area contributed by atoms with E-state index in [0.717, 1.165) is 69.5 Å². The van der Waals surface area contributed by atoms with Gasteiger partial charge in [-0.25, -0.2) is 18.2 Å². The van der Waals surface area contributed by atoms with Gasteiger partial charge in [-0.3, -0.25) is 4.90 Å². The number of pyridine rings is 1. The second-order valence-corrected chi connectivity index (χ2v) is 14.7. The lowest BCUT2D eigenvalue weighted by atomic mass is 9.95. The molecular weight excluding hydrogens is 613 g/mol. The van der Waals surface area contributed by atoms with E-state index in [-0.39, 0.29) is 57.8 Å². The summed E-state index contributed by atoms with van der Waals surface area (Å²) in [4.78, 5) is 19.1. The van der Waals surface area contributed by atoms with Gasteiger partial charge in [-0.2, -0.15) is 15.2 Å². The maximum absolute atomic E-state index is 17.3. The zero-order valence-electron chi connectivity index (χ0n) is 25.2. The number of nitriles is 1. The minimum absolute atomic E-state index is 0.00739. The highest BCUT2D eigenvalue weighted by atomic mass is 32.1. The molecule has 46 heavy (non-hydrogen) atoms. The van der Waals surface area contributed by atoms with Gasteiger partial charge in [0, 0.05) is 59.7 Å². The highest BCUT2D eigenvalue weighted by Gasteiger charge is 2.49. The van der Waals surface area contributed by atoms with Crippen LogP contribution >= 0.6 is 11.3 Å². The Bertz CT molecular complexity index is 1940. The third-order valence-corrected chi connectivity index (χ3v) is 11.7. The molecule has 1 saturated carbocycles. The van der Waals surface area contributed by atoms with E-state index in [1.165, 1.54) is 12.1 Å². The number of halogens is 3. The summed E-state index contributed by atoms with van der Waals surface area (Å²) in [5, 5.41) is 14.1. The van der Waals surface area contributed by atoms with Crippen LogP contribution in [0.2, 0.25) is 0 Å². The van der Waals surface area contributed by atoms with E-state index in [9.17, 15) is 9.65 Å². The van der Waals surface area contributed by atoms with Crippen LogP contribution in [0.5, 0.6) is 6.01 Å². The lowest BCUT2D eigenvalue weighted by Crippen LogP contribution is -2.52. The molecular formula is C33H33F3N8OS. The topological polar surface area (TPSA) is 116 Å². The summed E-state index contributed by atoms with van der Waals surface area (Å²) in [6, 6.07) is 5.09. The number of fused-ring (bicyclic) bond motifs is 5. The average molecular weight is 647 g/mol. The Morgan fingerprint density at radius 2 is 1.91 bits per heavy atom. The third kappa shape index (κ3) is 4.29. The van der Waals surface area contributed by atoms with E-state index in [1.807, 2.05) is 0 Å². The summed E-state index contributed by atoms with van der Waals surface area (Å²) >= 11 is 1.11. The third-order valence-electron chi connectivity index (χ3n) is 10.7. The summed E-state index contributed by atoms with van der Waals surface area (Å²) in [5.41, 5.74) is 7.21. The molecule has 0 amide bonds. The first-order chi connectivity index (χ1) is 22.3. The van der Waals surface area contributed by atoms with Gasteiger partial charge in [-0.1, -0.05) is 0 Å². The first-order valence-corrected chi connectivity index (χ1v) is 17.0. The van der Waals surface area contributed by atoms with Crippen molar-refractivity contribution in [1.29, 1.82) is 5.26 Å². The number of piperazine rings is 1. The standard InChI is InChI=1S/C33H33F3N8OS/c34-17-8-21(24-22(11-37)30(38)46-23(24)9-17)25-26(36)28-29(40-27(25)16-2-3-16)31(44-19-4-5-20(44)13-39-12-19)42-32(41-28)45-15-33-6-1-7-43(33)14-18(35)10-33/h8-9,16,18-20,39H,1-7,10,12-15,38H2/t18-,19?,20?,33+/m1/s1. The zero-order valence-corrected chi connectivity index (χ0v) is 26.0. The van der Waals surface area contributed by atoms with Crippen LogP contribution in [-0.2, 0) is 0 Å². The van der Waals surface area contributed by atoms with Gasteiger partial charge in [-0.15, -0.1) is 11.3 Å². The number of hydrogen-bond acceptors (Lipinski definition) is 10. The number of thiophene rings is 1. The fraction of sp³-hybridized carbons (Fsp3) is 0.515. The predicted octanol–water partition coefficient (Wildman–Crippen LogP) is 5.41. The molecule has 0 spiro atoms.